The minimum atomic E-state index is -0.0991. The summed E-state index contributed by atoms with van der Waals surface area (Å²) in [5.41, 5.74) is 7.39. The fourth-order valence-corrected chi connectivity index (χ4v) is 1.99. The first-order valence-electron chi connectivity index (χ1n) is 5.74. The average molecular weight is 230 g/mol. The molecule has 1 aromatic heterocycles. The Morgan fingerprint density at radius 3 is 2.71 bits per heavy atom. The molecule has 1 heterocycles. The van der Waals surface area contributed by atoms with Crippen LogP contribution < -0.4 is 11.4 Å². The largest absolute Gasteiger partial charge is 0.399 e. The number of aromatic nitrogens is 3. The third-order valence-corrected chi connectivity index (χ3v) is 3.03. The van der Waals surface area contributed by atoms with Crippen LogP contribution in [0.1, 0.15) is 30.3 Å². The van der Waals surface area contributed by atoms with Crippen LogP contribution in [0.2, 0.25) is 0 Å². The maximum Gasteiger partial charge on any atom is 0.343 e. The molecule has 0 saturated heterocycles. The molecule has 2 aromatic rings. The van der Waals surface area contributed by atoms with Gasteiger partial charge in [-0.3, -0.25) is 4.57 Å². The van der Waals surface area contributed by atoms with Crippen molar-refractivity contribution in [2.45, 2.75) is 25.3 Å². The van der Waals surface area contributed by atoms with Gasteiger partial charge in [0.1, 0.15) is 5.82 Å². The van der Waals surface area contributed by atoms with Gasteiger partial charge in [-0.2, -0.15) is 5.10 Å². The van der Waals surface area contributed by atoms with E-state index in [1.165, 1.54) is 0 Å². The van der Waals surface area contributed by atoms with Gasteiger partial charge < -0.3 is 5.73 Å². The summed E-state index contributed by atoms with van der Waals surface area (Å²) < 4.78 is 1.77. The molecule has 3 N–H and O–H groups in total. The van der Waals surface area contributed by atoms with Gasteiger partial charge >= 0.3 is 5.69 Å². The molecule has 1 aliphatic carbocycles. The van der Waals surface area contributed by atoms with Gasteiger partial charge in [-0.15, -0.1) is 0 Å². The predicted octanol–water partition coefficient (Wildman–Crippen LogP) is 1.08. The molecular formula is C12H14N4O. The first-order valence-corrected chi connectivity index (χ1v) is 5.74. The van der Waals surface area contributed by atoms with Crippen molar-refractivity contribution in [2.24, 2.45) is 0 Å². The number of hydrogen-bond acceptors (Lipinski definition) is 3. The lowest BCUT2D eigenvalue weighted by Crippen LogP contribution is -2.17. The van der Waals surface area contributed by atoms with E-state index in [2.05, 4.69) is 10.2 Å². The Hall–Kier alpha value is -2.04. The number of nitrogens with one attached hydrogen (secondary N) is 1. The van der Waals surface area contributed by atoms with E-state index in [0.717, 1.165) is 29.9 Å². The zero-order chi connectivity index (χ0) is 11.8. The standard InChI is InChI=1S/C12H14N4O/c13-9-3-1-8(2-4-9)7-11-14-15-12(17)16(11)10-5-6-10/h1-4,10H,5-7,13H2,(H,15,17). The summed E-state index contributed by atoms with van der Waals surface area (Å²) in [7, 11) is 0. The number of aromatic amines is 1. The van der Waals surface area contributed by atoms with Gasteiger partial charge in [0.05, 0.1) is 0 Å². The zero-order valence-corrected chi connectivity index (χ0v) is 9.39. The van der Waals surface area contributed by atoms with Gasteiger partial charge in [-0.25, -0.2) is 9.89 Å². The Balaban J connectivity index is 1.90. The SMILES string of the molecule is Nc1ccc(Cc2n[nH]c(=O)n2C2CC2)cc1. The van der Waals surface area contributed by atoms with Gasteiger partial charge in [0.25, 0.3) is 0 Å². The predicted molar refractivity (Wildman–Crippen MR) is 64.8 cm³/mol. The van der Waals surface area contributed by atoms with Crippen LogP contribution in [-0.4, -0.2) is 14.8 Å². The van der Waals surface area contributed by atoms with E-state index in [1.807, 2.05) is 24.3 Å². The summed E-state index contributed by atoms with van der Waals surface area (Å²) >= 11 is 0. The van der Waals surface area contributed by atoms with Crippen molar-refractivity contribution in [1.29, 1.82) is 0 Å². The molecule has 88 valence electrons. The fraction of sp³-hybridized carbons (Fsp3) is 0.333. The molecule has 0 radical (unpaired) electrons. The van der Waals surface area contributed by atoms with Crippen molar-refractivity contribution >= 4 is 5.69 Å². The third kappa shape index (κ3) is 1.95. The minimum Gasteiger partial charge on any atom is -0.399 e. The highest BCUT2D eigenvalue weighted by molar-refractivity contribution is 5.39. The van der Waals surface area contributed by atoms with Crippen LogP contribution in [0.4, 0.5) is 5.69 Å². The molecule has 0 bridgehead atoms. The normalized spacial score (nSPS) is 15.1. The topological polar surface area (TPSA) is 76.7 Å². The lowest BCUT2D eigenvalue weighted by atomic mass is 10.1. The maximum atomic E-state index is 11.6. The monoisotopic (exact) mass is 230 g/mol. The van der Waals surface area contributed by atoms with Crippen molar-refractivity contribution in [1.82, 2.24) is 14.8 Å². The van der Waals surface area contributed by atoms with Crippen molar-refractivity contribution in [3.8, 4) is 0 Å². The second-order valence-electron chi connectivity index (χ2n) is 4.46. The molecule has 1 aliphatic rings. The Morgan fingerprint density at radius 1 is 1.35 bits per heavy atom. The number of benzene rings is 1. The van der Waals surface area contributed by atoms with E-state index in [-0.39, 0.29) is 5.69 Å². The smallest absolute Gasteiger partial charge is 0.343 e. The second kappa shape index (κ2) is 3.76. The van der Waals surface area contributed by atoms with E-state index >= 15 is 0 Å². The molecule has 1 saturated carbocycles. The number of hydrogen-bond donors (Lipinski definition) is 2. The molecule has 0 amide bonds. The van der Waals surface area contributed by atoms with Crippen LogP contribution in [-0.2, 0) is 6.42 Å². The lowest BCUT2D eigenvalue weighted by molar-refractivity contribution is 0.672. The molecule has 1 fully saturated rings. The average Bonchev–Trinajstić information content (AvgIpc) is 3.08. The maximum absolute atomic E-state index is 11.6. The Bertz CT molecular complexity index is 577. The Labute approximate surface area is 98.3 Å². The molecule has 0 spiro atoms. The second-order valence-corrected chi connectivity index (χ2v) is 4.46. The molecule has 0 aliphatic heterocycles. The van der Waals surface area contributed by atoms with E-state index < -0.39 is 0 Å². The highest BCUT2D eigenvalue weighted by Gasteiger charge is 2.28. The van der Waals surface area contributed by atoms with Crippen molar-refractivity contribution in [2.75, 3.05) is 5.73 Å². The van der Waals surface area contributed by atoms with Gasteiger partial charge in [0, 0.05) is 18.2 Å². The molecule has 1 aromatic carbocycles. The van der Waals surface area contributed by atoms with Gasteiger partial charge in [0.15, 0.2) is 0 Å². The third-order valence-electron chi connectivity index (χ3n) is 3.03. The highest BCUT2D eigenvalue weighted by atomic mass is 16.1. The van der Waals surface area contributed by atoms with Crippen LogP contribution in [0, 0.1) is 0 Å². The molecule has 0 unspecified atom stereocenters. The minimum absolute atomic E-state index is 0.0991. The summed E-state index contributed by atoms with van der Waals surface area (Å²) in [6.45, 7) is 0. The van der Waals surface area contributed by atoms with E-state index in [0.29, 0.717) is 12.5 Å². The van der Waals surface area contributed by atoms with Crippen molar-refractivity contribution in [3.05, 3.63) is 46.1 Å². The molecule has 17 heavy (non-hydrogen) atoms. The highest BCUT2D eigenvalue weighted by Crippen LogP contribution is 2.34. The van der Waals surface area contributed by atoms with Crippen LogP contribution in [0.5, 0.6) is 0 Å². The summed E-state index contributed by atoms with van der Waals surface area (Å²) in [6, 6.07) is 8.01. The van der Waals surface area contributed by atoms with Crippen molar-refractivity contribution < 1.29 is 0 Å². The van der Waals surface area contributed by atoms with Crippen LogP contribution in [0.25, 0.3) is 0 Å². The fourth-order valence-electron chi connectivity index (χ4n) is 1.99. The summed E-state index contributed by atoms with van der Waals surface area (Å²) in [5, 5.41) is 6.61. The van der Waals surface area contributed by atoms with E-state index in [4.69, 9.17) is 5.73 Å². The number of nitrogen functional groups attached to an aromatic ring is 1. The molecule has 5 heteroatoms. The summed E-state index contributed by atoms with van der Waals surface area (Å²) in [4.78, 5) is 11.6. The lowest BCUT2D eigenvalue weighted by Gasteiger charge is -2.04. The Kier molecular flexibility index (Phi) is 2.24. The van der Waals surface area contributed by atoms with E-state index in [9.17, 15) is 4.79 Å². The molecular weight excluding hydrogens is 216 g/mol. The number of H-pyrrole nitrogens is 1. The first kappa shape index (κ1) is 10.1. The number of anilines is 1. The molecule has 0 atom stereocenters. The van der Waals surface area contributed by atoms with Gasteiger partial charge in [0.2, 0.25) is 0 Å². The quantitative estimate of drug-likeness (QED) is 0.774. The first-order chi connectivity index (χ1) is 8.24. The number of rotatable bonds is 3. The van der Waals surface area contributed by atoms with Crippen molar-refractivity contribution in [3.63, 3.8) is 0 Å². The van der Waals surface area contributed by atoms with Crippen LogP contribution in [0.15, 0.2) is 29.1 Å². The molecule has 5 nitrogen and oxygen atoms in total. The number of nitrogens with two attached hydrogens (primary N) is 1. The van der Waals surface area contributed by atoms with Gasteiger partial charge in [-0.1, -0.05) is 12.1 Å². The van der Waals surface area contributed by atoms with Crippen LogP contribution >= 0.6 is 0 Å². The summed E-state index contributed by atoms with van der Waals surface area (Å²) in [5.74, 6) is 0.808. The number of nitrogens with zero attached hydrogens (tertiary/aromatic N) is 2. The zero-order valence-electron chi connectivity index (χ0n) is 9.39. The van der Waals surface area contributed by atoms with E-state index in [1.54, 1.807) is 4.57 Å². The summed E-state index contributed by atoms with van der Waals surface area (Å²) in [6.07, 6.45) is 2.82. The van der Waals surface area contributed by atoms with Gasteiger partial charge in [-0.05, 0) is 30.5 Å². The van der Waals surface area contributed by atoms with Crippen LogP contribution in [0.3, 0.4) is 0 Å². The molecule has 3 rings (SSSR count). The Morgan fingerprint density at radius 2 is 2.06 bits per heavy atom.